The lowest BCUT2D eigenvalue weighted by Crippen LogP contribution is -2.36. The Morgan fingerprint density at radius 2 is 1.69 bits per heavy atom. The van der Waals surface area contributed by atoms with Gasteiger partial charge < -0.3 is 9.80 Å². The van der Waals surface area contributed by atoms with E-state index in [4.69, 9.17) is 11.6 Å². The van der Waals surface area contributed by atoms with Gasteiger partial charge in [-0.2, -0.15) is 0 Å². The lowest BCUT2D eigenvalue weighted by molar-refractivity contribution is -0.125. The molecule has 7 heteroatoms. The van der Waals surface area contributed by atoms with Gasteiger partial charge in [0.25, 0.3) is 5.91 Å². The molecule has 2 heterocycles. The van der Waals surface area contributed by atoms with Gasteiger partial charge >= 0.3 is 0 Å². The van der Waals surface area contributed by atoms with Crippen molar-refractivity contribution in [3.8, 4) is 0 Å². The van der Waals surface area contributed by atoms with Crippen LogP contribution in [0.15, 0.2) is 54.6 Å². The van der Waals surface area contributed by atoms with Crippen LogP contribution in [0.25, 0.3) is 16.3 Å². The van der Waals surface area contributed by atoms with Crippen LogP contribution in [0.4, 0.5) is 0 Å². The molecule has 0 unspecified atom stereocenters. The molecule has 148 valence electrons. The van der Waals surface area contributed by atoms with Crippen molar-refractivity contribution in [3.63, 3.8) is 0 Å². The molecule has 1 aliphatic heterocycles. The van der Waals surface area contributed by atoms with Crippen LogP contribution < -0.4 is 0 Å². The number of fused-ring (bicyclic) bond motifs is 1. The summed E-state index contributed by atoms with van der Waals surface area (Å²) in [5, 5.41) is 1.26. The number of benzene rings is 2. The average Bonchev–Trinajstić information content (AvgIpc) is 2.99. The van der Waals surface area contributed by atoms with Crippen molar-refractivity contribution < 1.29 is 9.59 Å². The third kappa shape index (κ3) is 4.49. The Labute approximate surface area is 178 Å². The minimum absolute atomic E-state index is 0.0590. The number of carbonyl (C=O) groups excluding carboxylic acids is 2. The molecule has 1 saturated heterocycles. The highest BCUT2D eigenvalue weighted by atomic mass is 35.5. The van der Waals surface area contributed by atoms with Crippen molar-refractivity contribution in [3.05, 3.63) is 70.2 Å². The summed E-state index contributed by atoms with van der Waals surface area (Å²) in [4.78, 5) is 33.5. The standard InChI is InChI=1S/C22H20ClN3O2S/c23-17-7-2-1-6-16(17)22(28)26-13-5-12-25(14-15-26)21(27)11-10-20-24-18-8-3-4-9-19(18)29-20/h1-4,6-11H,5,12-15H2. The Balaban J connectivity index is 1.39. The maximum Gasteiger partial charge on any atom is 0.255 e. The molecule has 0 spiro atoms. The maximum atomic E-state index is 12.8. The van der Waals surface area contributed by atoms with Crippen LogP contribution >= 0.6 is 22.9 Å². The van der Waals surface area contributed by atoms with Gasteiger partial charge in [0, 0.05) is 32.3 Å². The molecule has 29 heavy (non-hydrogen) atoms. The monoisotopic (exact) mass is 425 g/mol. The van der Waals surface area contributed by atoms with Gasteiger partial charge in [-0.15, -0.1) is 11.3 Å². The molecule has 2 aromatic carbocycles. The van der Waals surface area contributed by atoms with E-state index in [-0.39, 0.29) is 11.8 Å². The fourth-order valence-corrected chi connectivity index (χ4v) is 4.44. The van der Waals surface area contributed by atoms with Crippen LogP contribution in [0.2, 0.25) is 5.02 Å². The van der Waals surface area contributed by atoms with E-state index in [1.807, 2.05) is 24.3 Å². The van der Waals surface area contributed by atoms with Gasteiger partial charge in [-0.05, 0) is 36.8 Å². The van der Waals surface area contributed by atoms with Gasteiger partial charge in [0.1, 0.15) is 5.01 Å². The minimum atomic E-state index is -0.0880. The zero-order chi connectivity index (χ0) is 20.2. The van der Waals surface area contributed by atoms with Gasteiger partial charge in [0.2, 0.25) is 5.91 Å². The first-order chi connectivity index (χ1) is 14.1. The molecule has 1 aromatic heterocycles. The molecule has 2 amide bonds. The number of carbonyl (C=O) groups is 2. The number of halogens is 1. The number of thiazole rings is 1. The molecular weight excluding hydrogens is 406 g/mol. The minimum Gasteiger partial charge on any atom is -0.337 e. The molecule has 0 radical (unpaired) electrons. The first-order valence-corrected chi connectivity index (χ1v) is 10.7. The summed E-state index contributed by atoms with van der Waals surface area (Å²) in [5.41, 5.74) is 1.44. The summed E-state index contributed by atoms with van der Waals surface area (Å²) in [7, 11) is 0. The molecule has 1 fully saturated rings. The zero-order valence-corrected chi connectivity index (χ0v) is 17.3. The normalized spacial score (nSPS) is 15.1. The second-order valence-corrected chi connectivity index (χ2v) is 8.27. The summed E-state index contributed by atoms with van der Waals surface area (Å²) < 4.78 is 1.10. The lowest BCUT2D eigenvalue weighted by Gasteiger charge is -2.22. The predicted octanol–water partition coefficient (Wildman–Crippen LogP) is 4.34. The van der Waals surface area contributed by atoms with Crippen molar-refractivity contribution in [2.45, 2.75) is 6.42 Å². The molecule has 5 nitrogen and oxygen atoms in total. The number of rotatable bonds is 3. The van der Waals surface area contributed by atoms with Gasteiger partial charge in [-0.3, -0.25) is 9.59 Å². The van der Waals surface area contributed by atoms with Crippen molar-refractivity contribution >= 4 is 51.0 Å². The van der Waals surface area contributed by atoms with E-state index in [1.54, 1.807) is 57.6 Å². The van der Waals surface area contributed by atoms with Crippen LogP contribution in [0.3, 0.4) is 0 Å². The molecule has 0 atom stereocenters. The topological polar surface area (TPSA) is 53.5 Å². The molecule has 3 aromatic rings. The third-order valence-corrected chi connectivity index (χ3v) is 6.21. The summed E-state index contributed by atoms with van der Waals surface area (Å²) in [6, 6.07) is 15.0. The number of hydrogen-bond donors (Lipinski definition) is 0. The van der Waals surface area contributed by atoms with Gasteiger partial charge in [0.05, 0.1) is 20.8 Å². The zero-order valence-electron chi connectivity index (χ0n) is 15.8. The van der Waals surface area contributed by atoms with Crippen molar-refractivity contribution in [2.24, 2.45) is 0 Å². The highest BCUT2D eigenvalue weighted by Gasteiger charge is 2.23. The predicted molar refractivity (Wildman–Crippen MR) is 117 cm³/mol. The molecular formula is C22H20ClN3O2S. The summed E-state index contributed by atoms with van der Waals surface area (Å²) >= 11 is 7.72. The van der Waals surface area contributed by atoms with Gasteiger partial charge in [-0.1, -0.05) is 35.9 Å². The average molecular weight is 426 g/mol. The van der Waals surface area contributed by atoms with Crippen molar-refractivity contribution in [2.75, 3.05) is 26.2 Å². The van der Waals surface area contributed by atoms with E-state index in [2.05, 4.69) is 4.98 Å². The van der Waals surface area contributed by atoms with Crippen molar-refractivity contribution in [1.29, 1.82) is 0 Å². The Hall–Kier alpha value is -2.70. The molecule has 0 aliphatic carbocycles. The van der Waals surface area contributed by atoms with E-state index >= 15 is 0 Å². The molecule has 0 bridgehead atoms. The molecule has 4 rings (SSSR count). The first kappa shape index (κ1) is 19.6. The fourth-order valence-electron chi connectivity index (χ4n) is 3.36. The highest BCUT2D eigenvalue weighted by Crippen LogP contribution is 2.22. The number of para-hydroxylation sites is 1. The van der Waals surface area contributed by atoms with Crippen LogP contribution in [0, 0.1) is 0 Å². The van der Waals surface area contributed by atoms with E-state index in [0.29, 0.717) is 36.8 Å². The van der Waals surface area contributed by atoms with Crippen LogP contribution in [0.1, 0.15) is 21.8 Å². The number of hydrogen-bond acceptors (Lipinski definition) is 4. The first-order valence-electron chi connectivity index (χ1n) is 9.48. The summed E-state index contributed by atoms with van der Waals surface area (Å²) in [6.45, 7) is 2.22. The maximum absolute atomic E-state index is 12.8. The number of amides is 2. The summed E-state index contributed by atoms with van der Waals surface area (Å²) in [5.74, 6) is -0.147. The van der Waals surface area contributed by atoms with E-state index in [9.17, 15) is 9.59 Å². The summed E-state index contributed by atoms with van der Waals surface area (Å²) in [6.07, 6.45) is 4.07. The van der Waals surface area contributed by atoms with E-state index in [0.717, 1.165) is 21.6 Å². The van der Waals surface area contributed by atoms with Crippen LogP contribution in [-0.4, -0.2) is 52.8 Å². The van der Waals surface area contributed by atoms with Crippen molar-refractivity contribution in [1.82, 2.24) is 14.8 Å². The Bertz CT molecular complexity index is 1050. The molecule has 1 aliphatic rings. The quantitative estimate of drug-likeness (QED) is 0.586. The van der Waals surface area contributed by atoms with Crippen LogP contribution in [-0.2, 0) is 4.79 Å². The number of aromatic nitrogens is 1. The van der Waals surface area contributed by atoms with E-state index in [1.165, 1.54) is 0 Å². The Morgan fingerprint density at radius 3 is 2.52 bits per heavy atom. The fraction of sp³-hybridized carbons (Fsp3) is 0.227. The van der Waals surface area contributed by atoms with Gasteiger partial charge in [0.15, 0.2) is 0 Å². The smallest absolute Gasteiger partial charge is 0.255 e. The number of nitrogens with zero attached hydrogens (tertiary/aromatic N) is 3. The second-order valence-electron chi connectivity index (χ2n) is 6.80. The molecule has 0 N–H and O–H groups in total. The Morgan fingerprint density at radius 1 is 0.966 bits per heavy atom. The largest absolute Gasteiger partial charge is 0.337 e. The van der Waals surface area contributed by atoms with Crippen LogP contribution in [0.5, 0.6) is 0 Å². The highest BCUT2D eigenvalue weighted by molar-refractivity contribution is 7.19. The third-order valence-electron chi connectivity index (χ3n) is 4.88. The lowest BCUT2D eigenvalue weighted by atomic mass is 10.2. The SMILES string of the molecule is O=C(C=Cc1nc2ccccc2s1)N1CCCN(C(=O)c2ccccc2Cl)CC1. The van der Waals surface area contributed by atoms with E-state index < -0.39 is 0 Å². The molecule has 0 saturated carbocycles. The second kappa shape index (κ2) is 8.76. The Kier molecular flexibility index (Phi) is 5.92. The van der Waals surface area contributed by atoms with Gasteiger partial charge in [-0.25, -0.2) is 4.98 Å².